The van der Waals surface area contributed by atoms with E-state index in [0.717, 1.165) is 22.3 Å². The molecule has 34 heavy (non-hydrogen) atoms. The Morgan fingerprint density at radius 3 is 0.912 bits per heavy atom. The van der Waals surface area contributed by atoms with Gasteiger partial charge in [-0.25, -0.2) is 0 Å². The summed E-state index contributed by atoms with van der Waals surface area (Å²) in [5, 5.41) is 59.0. The molecule has 182 valence electrons. The summed E-state index contributed by atoms with van der Waals surface area (Å²) < 4.78 is 0. The van der Waals surface area contributed by atoms with E-state index in [1.54, 1.807) is 24.3 Å². The molecule has 6 N–H and O–H groups in total. The average Bonchev–Trinajstić information content (AvgIpc) is 2.84. The zero-order valence-corrected chi connectivity index (χ0v) is 20.1. The maximum atomic E-state index is 10.2. The van der Waals surface area contributed by atoms with Gasteiger partial charge in [-0.15, -0.1) is 0 Å². The smallest absolute Gasteiger partial charge is 0.126 e. The molecule has 0 bridgehead atoms. The van der Waals surface area contributed by atoms with Crippen molar-refractivity contribution in [2.75, 3.05) is 0 Å². The quantitative estimate of drug-likeness (QED) is 0.301. The number of phenols is 2. The molecule has 0 aliphatic heterocycles. The van der Waals surface area contributed by atoms with Crippen molar-refractivity contribution in [3.8, 4) is 11.5 Å². The Balaban J connectivity index is 2.02. The zero-order valence-electron chi connectivity index (χ0n) is 20.1. The van der Waals surface area contributed by atoms with Gasteiger partial charge >= 0.3 is 0 Å². The molecule has 0 aromatic heterocycles. The average molecular weight is 467 g/mol. The summed E-state index contributed by atoms with van der Waals surface area (Å²) in [5.41, 5.74) is 4.34. The molecular formula is C28H34O6. The van der Waals surface area contributed by atoms with Crippen LogP contribution in [0.4, 0.5) is 0 Å². The Kier molecular flexibility index (Phi) is 7.38. The molecule has 0 aliphatic carbocycles. The number of benzene rings is 3. The first kappa shape index (κ1) is 25.7. The van der Waals surface area contributed by atoms with Gasteiger partial charge in [0.2, 0.25) is 0 Å². The number of hydrogen-bond donors (Lipinski definition) is 6. The van der Waals surface area contributed by atoms with Crippen LogP contribution in [-0.4, -0.2) is 30.6 Å². The van der Waals surface area contributed by atoms with E-state index in [1.807, 2.05) is 52.0 Å². The highest BCUT2D eigenvalue weighted by atomic mass is 16.3. The maximum Gasteiger partial charge on any atom is 0.126 e. The zero-order chi connectivity index (χ0) is 25.3. The highest BCUT2D eigenvalue weighted by Gasteiger charge is 2.28. The fourth-order valence-corrected chi connectivity index (χ4v) is 4.36. The largest absolute Gasteiger partial charge is 0.507 e. The van der Waals surface area contributed by atoms with E-state index in [4.69, 9.17) is 0 Å². The van der Waals surface area contributed by atoms with Gasteiger partial charge in [-0.05, 0) is 46.5 Å². The second-order valence-corrected chi connectivity index (χ2v) is 9.75. The molecule has 3 aromatic carbocycles. The molecule has 0 amide bonds. The van der Waals surface area contributed by atoms with Gasteiger partial charge in [0, 0.05) is 33.1 Å². The van der Waals surface area contributed by atoms with Gasteiger partial charge in [0.25, 0.3) is 0 Å². The van der Waals surface area contributed by atoms with Crippen molar-refractivity contribution in [2.24, 2.45) is 0 Å². The lowest BCUT2D eigenvalue weighted by atomic mass is 9.73. The van der Waals surface area contributed by atoms with Crippen molar-refractivity contribution in [3.05, 3.63) is 93.0 Å². The van der Waals surface area contributed by atoms with Crippen molar-refractivity contribution in [1.29, 1.82) is 0 Å². The normalized spacial score (nSPS) is 12.2. The molecule has 0 radical (unpaired) electrons. The molecule has 0 fully saturated rings. The monoisotopic (exact) mass is 466 g/mol. The highest BCUT2D eigenvalue weighted by molar-refractivity contribution is 5.51. The lowest BCUT2D eigenvalue weighted by Gasteiger charge is -2.31. The molecule has 0 aliphatic rings. The second-order valence-electron chi connectivity index (χ2n) is 9.75. The third-order valence-electron chi connectivity index (χ3n) is 6.99. The Hall–Kier alpha value is -2.90. The van der Waals surface area contributed by atoms with E-state index in [9.17, 15) is 30.6 Å². The first-order valence-corrected chi connectivity index (χ1v) is 11.3. The minimum Gasteiger partial charge on any atom is -0.507 e. The predicted octanol–water partition coefficient (Wildman–Crippen LogP) is 3.72. The fourth-order valence-electron chi connectivity index (χ4n) is 4.36. The number of hydrogen-bond acceptors (Lipinski definition) is 6. The summed E-state index contributed by atoms with van der Waals surface area (Å²) in [5.74, 6) is -0.167. The van der Waals surface area contributed by atoms with Crippen molar-refractivity contribution in [1.82, 2.24) is 0 Å². The van der Waals surface area contributed by atoms with Gasteiger partial charge in [-0.1, -0.05) is 52.0 Å². The molecule has 0 unspecified atom stereocenters. The van der Waals surface area contributed by atoms with Crippen LogP contribution >= 0.6 is 0 Å². The van der Waals surface area contributed by atoms with E-state index in [-0.39, 0.29) is 37.9 Å². The molecule has 0 heterocycles. The van der Waals surface area contributed by atoms with Crippen molar-refractivity contribution in [2.45, 2.75) is 65.0 Å². The third-order valence-corrected chi connectivity index (χ3v) is 6.99. The van der Waals surface area contributed by atoms with Crippen LogP contribution in [0, 0.1) is 0 Å². The van der Waals surface area contributed by atoms with Crippen molar-refractivity contribution in [3.63, 3.8) is 0 Å². The maximum absolute atomic E-state index is 10.2. The minimum absolute atomic E-state index is 0.0833. The molecule has 0 saturated heterocycles. The first-order valence-electron chi connectivity index (χ1n) is 11.3. The van der Waals surface area contributed by atoms with Crippen LogP contribution < -0.4 is 0 Å². The molecule has 0 saturated carbocycles. The highest BCUT2D eigenvalue weighted by Crippen LogP contribution is 2.39. The van der Waals surface area contributed by atoms with E-state index < -0.39 is 10.8 Å². The van der Waals surface area contributed by atoms with E-state index in [1.165, 1.54) is 0 Å². The molecule has 0 atom stereocenters. The molecular weight excluding hydrogens is 432 g/mol. The third kappa shape index (κ3) is 4.55. The van der Waals surface area contributed by atoms with Gasteiger partial charge in [-0.3, -0.25) is 0 Å². The predicted molar refractivity (Wildman–Crippen MR) is 131 cm³/mol. The molecule has 6 heteroatoms. The summed E-state index contributed by atoms with van der Waals surface area (Å²) >= 11 is 0. The Morgan fingerprint density at radius 2 is 0.706 bits per heavy atom. The van der Waals surface area contributed by atoms with Gasteiger partial charge in [-0.2, -0.15) is 0 Å². The van der Waals surface area contributed by atoms with Crippen LogP contribution in [-0.2, 0) is 37.3 Å². The van der Waals surface area contributed by atoms with Gasteiger partial charge in [0.1, 0.15) is 11.5 Å². The van der Waals surface area contributed by atoms with Crippen LogP contribution in [0.1, 0.15) is 72.2 Å². The van der Waals surface area contributed by atoms with Gasteiger partial charge in [0.15, 0.2) is 0 Å². The van der Waals surface area contributed by atoms with Gasteiger partial charge < -0.3 is 30.6 Å². The van der Waals surface area contributed by atoms with Crippen molar-refractivity contribution >= 4 is 0 Å². The van der Waals surface area contributed by atoms with Crippen LogP contribution in [0.5, 0.6) is 11.5 Å². The number of aliphatic hydroxyl groups is 4. The Labute approximate surface area is 200 Å². The van der Waals surface area contributed by atoms with E-state index in [0.29, 0.717) is 22.3 Å². The van der Waals surface area contributed by atoms with E-state index >= 15 is 0 Å². The standard InChI is InChI=1S/C28H34O6/c1-27(2,23-9-17(13-29)25(33)18(10-23)14-30)21-5-7-22(8-6-21)28(3,4)24-11-19(15-31)26(34)20(12-24)16-32/h5-12,29-34H,13-16H2,1-4H3. The van der Waals surface area contributed by atoms with Crippen LogP contribution in [0.15, 0.2) is 48.5 Å². The van der Waals surface area contributed by atoms with Crippen LogP contribution in [0.25, 0.3) is 0 Å². The molecule has 3 aromatic rings. The molecule has 6 nitrogen and oxygen atoms in total. The Bertz CT molecular complexity index is 1020. The second kappa shape index (κ2) is 9.76. The summed E-state index contributed by atoms with van der Waals surface area (Å²) in [4.78, 5) is 0. The van der Waals surface area contributed by atoms with Crippen LogP contribution in [0.3, 0.4) is 0 Å². The number of rotatable bonds is 8. The minimum atomic E-state index is -0.461. The summed E-state index contributed by atoms with van der Waals surface area (Å²) in [7, 11) is 0. The molecule has 0 spiro atoms. The van der Waals surface area contributed by atoms with E-state index in [2.05, 4.69) is 0 Å². The van der Waals surface area contributed by atoms with Crippen LogP contribution in [0.2, 0.25) is 0 Å². The summed E-state index contributed by atoms with van der Waals surface area (Å²) in [6, 6.07) is 15.2. The first-order chi connectivity index (χ1) is 16.0. The fraction of sp³-hybridized carbons (Fsp3) is 0.357. The molecule has 3 rings (SSSR count). The Morgan fingerprint density at radius 1 is 0.471 bits per heavy atom. The lowest BCUT2D eigenvalue weighted by molar-refractivity contribution is 0.262. The van der Waals surface area contributed by atoms with Gasteiger partial charge in [0.05, 0.1) is 26.4 Å². The number of aliphatic hydroxyl groups excluding tert-OH is 4. The summed E-state index contributed by atoms with van der Waals surface area (Å²) in [6.45, 7) is 6.88. The van der Waals surface area contributed by atoms with Crippen molar-refractivity contribution < 1.29 is 30.6 Å². The number of aromatic hydroxyl groups is 2. The SMILES string of the molecule is CC(C)(c1ccc(C(C)(C)c2cc(CO)c(O)c(CO)c2)cc1)c1cc(CO)c(O)c(CO)c1. The topological polar surface area (TPSA) is 121 Å². The lowest BCUT2D eigenvalue weighted by Crippen LogP contribution is -2.22. The summed E-state index contributed by atoms with van der Waals surface area (Å²) in [6.07, 6.45) is 0.